The van der Waals surface area contributed by atoms with Gasteiger partial charge in [-0.2, -0.15) is 0 Å². The lowest BCUT2D eigenvalue weighted by atomic mass is 10.1. The third kappa shape index (κ3) is 13.8. The van der Waals surface area contributed by atoms with Crippen molar-refractivity contribution in [2.24, 2.45) is 0 Å². The van der Waals surface area contributed by atoms with Crippen LogP contribution in [0.3, 0.4) is 0 Å². The molecule has 0 radical (unpaired) electrons. The third-order valence-electron chi connectivity index (χ3n) is 3.32. The van der Waals surface area contributed by atoms with Crippen LogP contribution in [0.2, 0.25) is 0 Å². The first-order valence-electron chi connectivity index (χ1n) is 8.07. The summed E-state index contributed by atoms with van der Waals surface area (Å²) in [7, 11) is 0. The summed E-state index contributed by atoms with van der Waals surface area (Å²) in [6.07, 6.45) is 18.4. The molecule has 0 aliphatic carbocycles. The van der Waals surface area contributed by atoms with E-state index in [4.69, 9.17) is 4.74 Å². The van der Waals surface area contributed by atoms with Gasteiger partial charge in [0.1, 0.15) is 0 Å². The molecule has 0 bridgehead atoms. The molecule has 0 fully saturated rings. The molecule has 1 heteroatoms. The van der Waals surface area contributed by atoms with E-state index in [-0.39, 0.29) is 0 Å². The average molecular weight is 254 g/mol. The van der Waals surface area contributed by atoms with Crippen molar-refractivity contribution in [2.75, 3.05) is 6.61 Å². The Balaban J connectivity index is 3.12. The Bertz CT molecular complexity index is 174. The minimum atomic E-state index is 0.448. The summed E-state index contributed by atoms with van der Waals surface area (Å²) in [5, 5.41) is 0. The van der Waals surface area contributed by atoms with Crippen molar-refractivity contribution in [3.8, 4) is 0 Å². The van der Waals surface area contributed by atoms with Gasteiger partial charge in [-0.05, 0) is 46.0 Å². The molecule has 0 saturated carbocycles. The molecule has 0 aliphatic rings. The Labute approximate surface area is 115 Å². The first-order chi connectivity index (χ1) is 8.81. The average Bonchev–Trinajstić information content (AvgIpc) is 2.36. The number of hydrogen-bond donors (Lipinski definition) is 0. The van der Waals surface area contributed by atoms with Crippen LogP contribution in [0, 0.1) is 0 Å². The molecule has 0 aromatic rings. The van der Waals surface area contributed by atoms with E-state index in [2.05, 4.69) is 32.9 Å². The fourth-order valence-corrected chi connectivity index (χ4v) is 2.16. The summed E-state index contributed by atoms with van der Waals surface area (Å²) in [6, 6.07) is 0. The van der Waals surface area contributed by atoms with E-state index in [1.54, 1.807) is 0 Å². The van der Waals surface area contributed by atoms with Crippen molar-refractivity contribution in [2.45, 2.75) is 91.1 Å². The lowest BCUT2D eigenvalue weighted by Gasteiger charge is -2.10. The Morgan fingerprint density at radius 2 is 1.44 bits per heavy atom. The molecular formula is C17H34O. The second-order valence-electron chi connectivity index (χ2n) is 5.22. The van der Waals surface area contributed by atoms with Crippen LogP contribution in [0.1, 0.15) is 85.0 Å². The molecule has 0 spiro atoms. The molecule has 0 N–H and O–H groups in total. The highest BCUT2D eigenvalue weighted by Gasteiger charge is 1.99. The second-order valence-corrected chi connectivity index (χ2v) is 5.22. The Kier molecular flexibility index (Phi) is 14.5. The molecule has 18 heavy (non-hydrogen) atoms. The zero-order valence-corrected chi connectivity index (χ0v) is 12.9. The van der Waals surface area contributed by atoms with Gasteiger partial charge < -0.3 is 4.74 Å². The number of hydrogen-bond acceptors (Lipinski definition) is 1. The van der Waals surface area contributed by atoms with E-state index in [1.807, 2.05) is 0 Å². The minimum absolute atomic E-state index is 0.448. The van der Waals surface area contributed by atoms with Crippen molar-refractivity contribution in [1.29, 1.82) is 0 Å². The predicted molar refractivity (Wildman–Crippen MR) is 82.1 cm³/mol. The van der Waals surface area contributed by atoms with Crippen molar-refractivity contribution in [3.63, 3.8) is 0 Å². The first-order valence-corrected chi connectivity index (χ1v) is 8.07. The predicted octanol–water partition coefficient (Wildman–Crippen LogP) is 5.89. The molecule has 0 rings (SSSR count). The summed E-state index contributed by atoms with van der Waals surface area (Å²) in [6.45, 7) is 7.37. The van der Waals surface area contributed by atoms with Gasteiger partial charge in [-0.1, -0.05) is 51.2 Å². The lowest BCUT2D eigenvalue weighted by Crippen LogP contribution is -2.07. The van der Waals surface area contributed by atoms with E-state index in [1.165, 1.54) is 64.2 Å². The quantitative estimate of drug-likeness (QED) is 0.294. The van der Waals surface area contributed by atoms with Crippen LogP contribution >= 0.6 is 0 Å². The van der Waals surface area contributed by atoms with Gasteiger partial charge in [0.25, 0.3) is 0 Å². The largest absolute Gasteiger partial charge is 0.379 e. The number of allylic oxidation sites excluding steroid dienone is 2. The van der Waals surface area contributed by atoms with Crippen LogP contribution in [0.5, 0.6) is 0 Å². The van der Waals surface area contributed by atoms with Crippen molar-refractivity contribution in [3.05, 3.63) is 12.2 Å². The summed E-state index contributed by atoms with van der Waals surface area (Å²) in [4.78, 5) is 0. The van der Waals surface area contributed by atoms with E-state index < -0.39 is 0 Å². The van der Waals surface area contributed by atoms with E-state index >= 15 is 0 Å². The maximum absolute atomic E-state index is 5.52. The summed E-state index contributed by atoms with van der Waals surface area (Å²) in [5.74, 6) is 0. The molecule has 1 nitrogen and oxygen atoms in total. The maximum Gasteiger partial charge on any atom is 0.0546 e. The summed E-state index contributed by atoms with van der Waals surface area (Å²) >= 11 is 0. The summed E-state index contributed by atoms with van der Waals surface area (Å²) in [5.41, 5.74) is 0. The number of ether oxygens (including phenoxy) is 1. The highest BCUT2D eigenvalue weighted by atomic mass is 16.5. The fourth-order valence-electron chi connectivity index (χ4n) is 2.16. The molecule has 1 unspecified atom stereocenters. The van der Waals surface area contributed by atoms with Crippen LogP contribution < -0.4 is 0 Å². The minimum Gasteiger partial charge on any atom is -0.379 e. The number of rotatable bonds is 13. The third-order valence-corrected chi connectivity index (χ3v) is 3.32. The molecule has 0 heterocycles. The highest BCUT2D eigenvalue weighted by molar-refractivity contribution is 4.81. The molecule has 0 aromatic heterocycles. The molecule has 0 saturated heterocycles. The van der Waals surface area contributed by atoms with Crippen molar-refractivity contribution < 1.29 is 4.74 Å². The Morgan fingerprint density at radius 3 is 2.00 bits per heavy atom. The van der Waals surface area contributed by atoms with E-state index in [0.29, 0.717) is 6.10 Å². The van der Waals surface area contributed by atoms with Gasteiger partial charge in [0.2, 0.25) is 0 Å². The van der Waals surface area contributed by atoms with Gasteiger partial charge in [-0.15, -0.1) is 0 Å². The Morgan fingerprint density at radius 1 is 0.833 bits per heavy atom. The second kappa shape index (κ2) is 14.8. The van der Waals surface area contributed by atoms with Crippen LogP contribution in [0.25, 0.3) is 0 Å². The lowest BCUT2D eigenvalue weighted by molar-refractivity contribution is 0.0684. The monoisotopic (exact) mass is 254 g/mol. The van der Waals surface area contributed by atoms with Gasteiger partial charge in [-0.3, -0.25) is 0 Å². The fraction of sp³-hybridized carbons (Fsp3) is 0.882. The normalized spacial score (nSPS) is 13.3. The van der Waals surface area contributed by atoms with Crippen molar-refractivity contribution in [1.82, 2.24) is 0 Å². The topological polar surface area (TPSA) is 9.23 Å². The van der Waals surface area contributed by atoms with Crippen LogP contribution in [0.4, 0.5) is 0 Å². The molecule has 1 atom stereocenters. The SMILES string of the molecule is CCCCCC/C=C\CCCCCC(C)OCC. The standard InChI is InChI=1S/C17H34O/c1-4-6-7-8-9-10-11-12-13-14-15-16-17(3)18-5-2/h10-11,17H,4-9,12-16H2,1-3H3/b11-10-. The first kappa shape index (κ1) is 17.7. The van der Waals surface area contributed by atoms with Gasteiger partial charge in [0.05, 0.1) is 6.10 Å². The Hall–Kier alpha value is -0.300. The molecule has 0 aliphatic heterocycles. The number of unbranched alkanes of at least 4 members (excludes halogenated alkanes) is 7. The van der Waals surface area contributed by atoms with E-state index in [0.717, 1.165) is 6.61 Å². The smallest absolute Gasteiger partial charge is 0.0546 e. The van der Waals surface area contributed by atoms with Crippen LogP contribution in [0.15, 0.2) is 12.2 Å². The molecule has 0 amide bonds. The van der Waals surface area contributed by atoms with Gasteiger partial charge in [0, 0.05) is 6.61 Å². The maximum atomic E-state index is 5.52. The zero-order valence-electron chi connectivity index (χ0n) is 12.9. The van der Waals surface area contributed by atoms with Crippen LogP contribution in [-0.2, 0) is 4.74 Å². The molecular weight excluding hydrogens is 220 g/mol. The van der Waals surface area contributed by atoms with Gasteiger partial charge >= 0.3 is 0 Å². The van der Waals surface area contributed by atoms with E-state index in [9.17, 15) is 0 Å². The highest BCUT2D eigenvalue weighted by Crippen LogP contribution is 2.09. The zero-order chi connectivity index (χ0) is 13.5. The molecule has 108 valence electrons. The van der Waals surface area contributed by atoms with Gasteiger partial charge in [0.15, 0.2) is 0 Å². The molecule has 0 aromatic carbocycles. The van der Waals surface area contributed by atoms with Gasteiger partial charge in [-0.25, -0.2) is 0 Å². The van der Waals surface area contributed by atoms with Crippen molar-refractivity contribution >= 4 is 0 Å². The van der Waals surface area contributed by atoms with Crippen LogP contribution in [-0.4, -0.2) is 12.7 Å². The summed E-state index contributed by atoms with van der Waals surface area (Å²) < 4.78 is 5.52.